The van der Waals surface area contributed by atoms with Crippen LogP contribution in [0.1, 0.15) is 27.2 Å². The fourth-order valence-electron chi connectivity index (χ4n) is 1.59. The first-order valence-corrected chi connectivity index (χ1v) is 4.45. The molecule has 3 nitrogen and oxygen atoms in total. The summed E-state index contributed by atoms with van der Waals surface area (Å²) in [5, 5.41) is 8.72. The SMILES string of the molecule is CCC1(C)CN(C(C)C(=O)O)C1. The zero-order valence-corrected chi connectivity index (χ0v) is 8.00. The molecule has 1 atom stereocenters. The van der Waals surface area contributed by atoms with E-state index >= 15 is 0 Å². The predicted octanol–water partition coefficient (Wildman–Crippen LogP) is 1.19. The maximum Gasteiger partial charge on any atom is 0.320 e. The van der Waals surface area contributed by atoms with Gasteiger partial charge in [0.1, 0.15) is 6.04 Å². The highest BCUT2D eigenvalue weighted by Gasteiger charge is 2.40. The van der Waals surface area contributed by atoms with Gasteiger partial charge in [-0.3, -0.25) is 9.69 Å². The van der Waals surface area contributed by atoms with E-state index in [1.807, 2.05) is 4.90 Å². The van der Waals surface area contributed by atoms with Crippen LogP contribution in [-0.2, 0) is 4.79 Å². The first kappa shape index (κ1) is 9.52. The molecule has 0 aromatic heterocycles. The lowest BCUT2D eigenvalue weighted by Gasteiger charge is -2.49. The van der Waals surface area contributed by atoms with E-state index in [2.05, 4.69) is 13.8 Å². The molecule has 1 fully saturated rings. The van der Waals surface area contributed by atoms with E-state index in [0.29, 0.717) is 5.41 Å². The largest absolute Gasteiger partial charge is 0.480 e. The van der Waals surface area contributed by atoms with Crippen LogP contribution in [0.2, 0.25) is 0 Å². The molecule has 0 aliphatic carbocycles. The van der Waals surface area contributed by atoms with Crippen LogP contribution in [0.5, 0.6) is 0 Å². The molecule has 0 radical (unpaired) electrons. The van der Waals surface area contributed by atoms with Crippen LogP contribution >= 0.6 is 0 Å². The van der Waals surface area contributed by atoms with Crippen molar-refractivity contribution in [1.29, 1.82) is 0 Å². The molecule has 1 N–H and O–H groups in total. The van der Waals surface area contributed by atoms with E-state index in [0.717, 1.165) is 19.5 Å². The monoisotopic (exact) mass is 171 g/mol. The van der Waals surface area contributed by atoms with E-state index in [1.54, 1.807) is 6.92 Å². The van der Waals surface area contributed by atoms with Gasteiger partial charge in [0.2, 0.25) is 0 Å². The number of rotatable bonds is 3. The maximum atomic E-state index is 10.6. The van der Waals surface area contributed by atoms with Gasteiger partial charge in [0, 0.05) is 13.1 Å². The standard InChI is InChI=1S/C9H17NO2/c1-4-9(3)5-10(6-9)7(2)8(11)12/h7H,4-6H2,1-3H3,(H,11,12). The number of hydrogen-bond donors (Lipinski definition) is 1. The second-order valence-corrected chi connectivity index (χ2v) is 4.08. The van der Waals surface area contributed by atoms with Crippen molar-refractivity contribution in [3.05, 3.63) is 0 Å². The zero-order valence-electron chi connectivity index (χ0n) is 8.00. The Morgan fingerprint density at radius 3 is 2.50 bits per heavy atom. The minimum Gasteiger partial charge on any atom is -0.480 e. The summed E-state index contributed by atoms with van der Waals surface area (Å²) in [5.74, 6) is -0.715. The molecule has 1 saturated heterocycles. The van der Waals surface area contributed by atoms with Gasteiger partial charge in [-0.2, -0.15) is 0 Å². The molecule has 0 aromatic carbocycles. The number of carboxylic acids is 1. The third kappa shape index (κ3) is 1.61. The molecule has 1 heterocycles. The molecule has 0 saturated carbocycles. The molecule has 1 unspecified atom stereocenters. The molecule has 1 aliphatic heterocycles. The summed E-state index contributed by atoms with van der Waals surface area (Å²) in [6.45, 7) is 7.96. The van der Waals surface area contributed by atoms with Crippen LogP contribution in [0.3, 0.4) is 0 Å². The molecule has 0 aromatic rings. The Kier molecular flexibility index (Phi) is 2.42. The quantitative estimate of drug-likeness (QED) is 0.693. The highest BCUT2D eigenvalue weighted by Crippen LogP contribution is 2.34. The number of aliphatic carboxylic acids is 1. The number of nitrogens with zero attached hydrogens (tertiary/aromatic N) is 1. The highest BCUT2D eigenvalue weighted by atomic mass is 16.4. The highest BCUT2D eigenvalue weighted by molar-refractivity contribution is 5.73. The summed E-state index contributed by atoms with van der Waals surface area (Å²) in [6.07, 6.45) is 1.13. The van der Waals surface area contributed by atoms with Crippen molar-refractivity contribution in [2.45, 2.75) is 33.2 Å². The van der Waals surface area contributed by atoms with Crippen molar-refractivity contribution >= 4 is 5.97 Å². The van der Waals surface area contributed by atoms with Gasteiger partial charge in [0.05, 0.1) is 0 Å². The van der Waals surface area contributed by atoms with Crippen LogP contribution in [0.25, 0.3) is 0 Å². The van der Waals surface area contributed by atoms with E-state index < -0.39 is 5.97 Å². The average molecular weight is 171 g/mol. The first-order chi connectivity index (χ1) is 5.48. The summed E-state index contributed by atoms with van der Waals surface area (Å²) >= 11 is 0. The average Bonchev–Trinajstić information content (AvgIpc) is 1.97. The molecule has 1 rings (SSSR count). The van der Waals surface area contributed by atoms with Crippen molar-refractivity contribution in [1.82, 2.24) is 4.90 Å². The van der Waals surface area contributed by atoms with Crippen LogP contribution < -0.4 is 0 Å². The van der Waals surface area contributed by atoms with Crippen LogP contribution in [0, 0.1) is 5.41 Å². The van der Waals surface area contributed by atoms with Gasteiger partial charge in [-0.1, -0.05) is 13.8 Å². The Morgan fingerprint density at radius 1 is 1.67 bits per heavy atom. The minimum atomic E-state index is -0.715. The summed E-state index contributed by atoms with van der Waals surface area (Å²) in [6, 6.07) is -0.315. The number of hydrogen-bond acceptors (Lipinski definition) is 2. The van der Waals surface area contributed by atoms with Gasteiger partial charge in [0.25, 0.3) is 0 Å². The van der Waals surface area contributed by atoms with Gasteiger partial charge in [-0.15, -0.1) is 0 Å². The fourth-order valence-corrected chi connectivity index (χ4v) is 1.59. The molecule has 12 heavy (non-hydrogen) atoms. The molecule has 3 heteroatoms. The molecule has 0 bridgehead atoms. The normalized spacial score (nSPS) is 24.6. The molecule has 1 aliphatic rings. The summed E-state index contributed by atoms with van der Waals surface area (Å²) in [5.41, 5.74) is 0.365. The molecular formula is C9H17NO2. The van der Waals surface area contributed by atoms with E-state index in [4.69, 9.17) is 5.11 Å². The Morgan fingerprint density at radius 2 is 2.17 bits per heavy atom. The molecule has 0 amide bonds. The second kappa shape index (κ2) is 3.05. The van der Waals surface area contributed by atoms with Crippen molar-refractivity contribution in [2.24, 2.45) is 5.41 Å². The topological polar surface area (TPSA) is 40.5 Å². The van der Waals surface area contributed by atoms with E-state index in [9.17, 15) is 4.79 Å². The van der Waals surface area contributed by atoms with Gasteiger partial charge in [-0.05, 0) is 18.8 Å². The summed E-state index contributed by atoms with van der Waals surface area (Å²) in [7, 11) is 0. The lowest BCUT2D eigenvalue weighted by molar-refractivity contribution is -0.147. The van der Waals surface area contributed by atoms with Crippen molar-refractivity contribution in [2.75, 3.05) is 13.1 Å². The predicted molar refractivity (Wildman–Crippen MR) is 47.1 cm³/mol. The third-order valence-electron chi connectivity index (χ3n) is 2.93. The minimum absolute atomic E-state index is 0.315. The smallest absolute Gasteiger partial charge is 0.320 e. The van der Waals surface area contributed by atoms with Gasteiger partial charge in [0.15, 0.2) is 0 Å². The van der Waals surface area contributed by atoms with E-state index in [-0.39, 0.29) is 6.04 Å². The Balaban J connectivity index is 2.39. The van der Waals surface area contributed by atoms with Crippen molar-refractivity contribution in [3.8, 4) is 0 Å². The van der Waals surface area contributed by atoms with E-state index in [1.165, 1.54) is 0 Å². The number of carbonyl (C=O) groups is 1. The Bertz CT molecular complexity index is 185. The van der Waals surface area contributed by atoms with Gasteiger partial charge >= 0.3 is 5.97 Å². The van der Waals surface area contributed by atoms with Gasteiger partial charge < -0.3 is 5.11 Å². The number of carboxylic acid groups (broad SMARTS) is 1. The molecular weight excluding hydrogens is 154 g/mol. The second-order valence-electron chi connectivity index (χ2n) is 4.08. The summed E-state index contributed by atoms with van der Waals surface area (Å²) < 4.78 is 0. The fraction of sp³-hybridized carbons (Fsp3) is 0.889. The Labute approximate surface area is 73.4 Å². The molecule has 70 valence electrons. The van der Waals surface area contributed by atoms with Crippen molar-refractivity contribution in [3.63, 3.8) is 0 Å². The maximum absolute atomic E-state index is 10.6. The number of likely N-dealkylation sites (tertiary alicyclic amines) is 1. The lowest BCUT2D eigenvalue weighted by Crippen LogP contribution is -2.59. The first-order valence-electron chi connectivity index (χ1n) is 4.45. The van der Waals surface area contributed by atoms with Crippen LogP contribution in [0.15, 0.2) is 0 Å². The molecule has 0 spiro atoms. The van der Waals surface area contributed by atoms with Crippen LogP contribution in [0.4, 0.5) is 0 Å². The van der Waals surface area contributed by atoms with Crippen LogP contribution in [-0.4, -0.2) is 35.1 Å². The van der Waals surface area contributed by atoms with Crippen molar-refractivity contribution < 1.29 is 9.90 Å². The Hall–Kier alpha value is -0.570. The zero-order chi connectivity index (χ0) is 9.35. The lowest BCUT2D eigenvalue weighted by atomic mass is 9.79. The van der Waals surface area contributed by atoms with Gasteiger partial charge in [-0.25, -0.2) is 0 Å². The third-order valence-corrected chi connectivity index (χ3v) is 2.93. The summed E-state index contributed by atoms with van der Waals surface area (Å²) in [4.78, 5) is 12.6.